The van der Waals surface area contributed by atoms with Gasteiger partial charge in [-0.15, -0.1) is 36.2 Å². The fraction of sp³-hybridized carbons (Fsp3) is 0.636. The molecular formula is C11H19Cl2N3OS. The normalized spacial score (nSPS) is 18.7. The third kappa shape index (κ3) is 4.39. The molecule has 1 aliphatic rings. The first-order valence-corrected chi connectivity index (χ1v) is 6.63. The second kappa shape index (κ2) is 8.69. The minimum Gasteiger partial charge on any atom is -0.337 e. The lowest BCUT2D eigenvalue weighted by atomic mass is 9.95. The van der Waals surface area contributed by atoms with Gasteiger partial charge in [0.1, 0.15) is 5.69 Å². The number of rotatable bonds is 3. The molecule has 0 aliphatic carbocycles. The van der Waals surface area contributed by atoms with E-state index in [2.05, 4.69) is 4.98 Å². The molecule has 104 valence electrons. The summed E-state index contributed by atoms with van der Waals surface area (Å²) in [7, 11) is 0. The summed E-state index contributed by atoms with van der Waals surface area (Å²) >= 11 is 1.46. The Balaban J connectivity index is 0.00000144. The standard InChI is InChI=1S/C11H17N3OS.2ClH/c12-4-3-9-2-1-5-14(6-9)11(15)10-7-16-8-13-10;;/h7-9H,1-6,12H2;2*1H. The molecule has 2 heterocycles. The van der Waals surface area contributed by atoms with Gasteiger partial charge in [0.05, 0.1) is 5.51 Å². The van der Waals surface area contributed by atoms with Gasteiger partial charge < -0.3 is 10.6 Å². The van der Waals surface area contributed by atoms with Gasteiger partial charge >= 0.3 is 0 Å². The summed E-state index contributed by atoms with van der Waals surface area (Å²) in [6.45, 7) is 2.41. The molecule has 1 aromatic heterocycles. The van der Waals surface area contributed by atoms with Gasteiger partial charge in [-0.3, -0.25) is 4.79 Å². The Kier molecular flexibility index (Phi) is 8.52. The van der Waals surface area contributed by atoms with E-state index in [-0.39, 0.29) is 30.7 Å². The van der Waals surface area contributed by atoms with E-state index in [1.807, 2.05) is 10.3 Å². The summed E-state index contributed by atoms with van der Waals surface area (Å²) in [4.78, 5) is 18.0. The van der Waals surface area contributed by atoms with Crippen molar-refractivity contribution in [3.05, 3.63) is 16.6 Å². The smallest absolute Gasteiger partial charge is 0.273 e. The van der Waals surface area contributed by atoms with Crippen LogP contribution in [0.4, 0.5) is 0 Å². The van der Waals surface area contributed by atoms with Crippen molar-refractivity contribution in [2.24, 2.45) is 11.7 Å². The highest BCUT2D eigenvalue weighted by Gasteiger charge is 2.24. The minimum absolute atomic E-state index is 0. The summed E-state index contributed by atoms with van der Waals surface area (Å²) in [6, 6.07) is 0. The molecule has 0 radical (unpaired) electrons. The third-order valence-corrected chi connectivity index (χ3v) is 3.62. The van der Waals surface area contributed by atoms with Crippen LogP contribution in [0.3, 0.4) is 0 Å². The van der Waals surface area contributed by atoms with Gasteiger partial charge in [0, 0.05) is 18.5 Å². The Morgan fingerprint density at radius 1 is 1.56 bits per heavy atom. The molecule has 0 spiro atoms. The number of amides is 1. The molecule has 2 rings (SSSR count). The van der Waals surface area contributed by atoms with Crippen LogP contribution in [0, 0.1) is 5.92 Å². The highest BCUT2D eigenvalue weighted by Crippen LogP contribution is 2.20. The fourth-order valence-corrected chi connectivity index (χ4v) is 2.73. The lowest BCUT2D eigenvalue weighted by Gasteiger charge is -2.32. The number of thiazole rings is 1. The van der Waals surface area contributed by atoms with Gasteiger partial charge in [0.2, 0.25) is 0 Å². The molecule has 0 bridgehead atoms. The van der Waals surface area contributed by atoms with Gasteiger partial charge in [-0.05, 0) is 31.7 Å². The van der Waals surface area contributed by atoms with Crippen molar-refractivity contribution >= 4 is 42.1 Å². The summed E-state index contributed by atoms with van der Waals surface area (Å²) in [5.41, 5.74) is 7.85. The molecule has 1 atom stereocenters. The van der Waals surface area contributed by atoms with Crippen LogP contribution in [0.1, 0.15) is 29.8 Å². The number of hydrogen-bond acceptors (Lipinski definition) is 4. The number of halogens is 2. The van der Waals surface area contributed by atoms with E-state index in [4.69, 9.17) is 5.73 Å². The third-order valence-electron chi connectivity index (χ3n) is 3.03. The molecule has 4 nitrogen and oxygen atoms in total. The van der Waals surface area contributed by atoms with Crippen LogP contribution in [0.2, 0.25) is 0 Å². The number of piperidine rings is 1. The zero-order chi connectivity index (χ0) is 11.4. The van der Waals surface area contributed by atoms with E-state index < -0.39 is 0 Å². The minimum atomic E-state index is 0. The van der Waals surface area contributed by atoms with Crippen LogP contribution >= 0.6 is 36.2 Å². The number of hydrogen-bond donors (Lipinski definition) is 1. The molecular weight excluding hydrogens is 293 g/mol. The SMILES string of the molecule is Cl.Cl.NCCC1CCCN(C(=O)c2cscn2)C1. The second-order valence-corrected chi connectivity index (χ2v) is 4.93. The molecule has 0 aromatic carbocycles. The van der Waals surface area contributed by atoms with Crippen molar-refractivity contribution in [1.82, 2.24) is 9.88 Å². The topological polar surface area (TPSA) is 59.2 Å². The van der Waals surface area contributed by atoms with Gasteiger partial charge in [0.15, 0.2) is 0 Å². The number of likely N-dealkylation sites (tertiary alicyclic amines) is 1. The zero-order valence-corrected chi connectivity index (χ0v) is 12.5. The monoisotopic (exact) mass is 311 g/mol. The first-order valence-electron chi connectivity index (χ1n) is 5.69. The molecule has 1 amide bonds. The molecule has 1 unspecified atom stereocenters. The largest absolute Gasteiger partial charge is 0.337 e. The summed E-state index contributed by atoms with van der Waals surface area (Å²) in [5, 5.41) is 1.81. The van der Waals surface area contributed by atoms with Crippen molar-refractivity contribution in [2.45, 2.75) is 19.3 Å². The quantitative estimate of drug-likeness (QED) is 0.931. The predicted molar refractivity (Wildman–Crippen MR) is 78.9 cm³/mol. The second-order valence-electron chi connectivity index (χ2n) is 4.21. The average Bonchev–Trinajstić information content (AvgIpc) is 2.82. The zero-order valence-electron chi connectivity index (χ0n) is 10.1. The molecule has 1 saturated heterocycles. The first kappa shape index (κ1) is 17.6. The van der Waals surface area contributed by atoms with Gasteiger partial charge in [0.25, 0.3) is 5.91 Å². The van der Waals surface area contributed by atoms with E-state index in [1.165, 1.54) is 17.8 Å². The predicted octanol–water partition coefficient (Wildman–Crippen LogP) is 2.19. The number of carbonyl (C=O) groups excluding carboxylic acids is 1. The number of nitrogens with zero attached hydrogens (tertiary/aromatic N) is 2. The summed E-state index contributed by atoms with van der Waals surface area (Å²) < 4.78 is 0. The van der Waals surface area contributed by atoms with Crippen LogP contribution < -0.4 is 5.73 Å². The van der Waals surface area contributed by atoms with Crippen LogP contribution in [-0.4, -0.2) is 35.4 Å². The van der Waals surface area contributed by atoms with Crippen LogP contribution in [-0.2, 0) is 0 Å². The van der Waals surface area contributed by atoms with E-state index in [9.17, 15) is 4.79 Å². The first-order chi connectivity index (χ1) is 7.81. The van der Waals surface area contributed by atoms with Crippen molar-refractivity contribution in [1.29, 1.82) is 0 Å². The van der Waals surface area contributed by atoms with Crippen molar-refractivity contribution < 1.29 is 4.79 Å². The van der Waals surface area contributed by atoms with Gasteiger partial charge in [-0.2, -0.15) is 0 Å². The maximum atomic E-state index is 12.0. The van der Waals surface area contributed by atoms with Gasteiger partial charge in [-0.25, -0.2) is 4.98 Å². The van der Waals surface area contributed by atoms with Crippen LogP contribution in [0.25, 0.3) is 0 Å². The lowest BCUT2D eigenvalue weighted by molar-refractivity contribution is 0.0664. The van der Waals surface area contributed by atoms with Crippen molar-refractivity contribution in [2.75, 3.05) is 19.6 Å². The Morgan fingerprint density at radius 2 is 2.33 bits per heavy atom. The van der Waals surface area contributed by atoms with E-state index >= 15 is 0 Å². The summed E-state index contributed by atoms with van der Waals surface area (Å²) in [6.07, 6.45) is 3.29. The fourth-order valence-electron chi connectivity index (χ4n) is 2.20. The highest BCUT2D eigenvalue weighted by atomic mass is 35.5. The highest BCUT2D eigenvalue weighted by molar-refractivity contribution is 7.07. The van der Waals surface area contributed by atoms with Crippen molar-refractivity contribution in [3.63, 3.8) is 0 Å². The Labute approximate surface area is 124 Å². The Bertz CT molecular complexity index is 346. The van der Waals surface area contributed by atoms with E-state index in [0.717, 1.165) is 25.9 Å². The van der Waals surface area contributed by atoms with Crippen molar-refractivity contribution in [3.8, 4) is 0 Å². The molecule has 18 heavy (non-hydrogen) atoms. The molecule has 1 aromatic rings. The number of aromatic nitrogens is 1. The maximum absolute atomic E-state index is 12.0. The lowest BCUT2D eigenvalue weighted by Crippen LogP contribution is -2.40. The summed E-state index contributed by atoms with van der Waals surface area (Å²) in [5.74, 6) is 0.643. The average molecular weight is 312 g/mol. The Morgan fingerprint density at radius 3 is 2.94 bits per heavy atom. The maximum Gasteiger partial charge on any atom is 0.273 e. The van der Waals surface area contributed by atoms with Crippen LogP contribution in [0.5, 0.6) is 0 Å². The number of carbonyl (C=O) groups is 1. The van der Waals surface area contributed by atoms with Gasteiger partial charge in [-0.1, -0.05) is 0 Å². The molecule has 0 saturated carbocycles. The van der Waals surface area contributed by atoms with E-state index in [0.29, 0.717) is 18.2 Å². The molecule has 7 heteroatoms. The van der Waals surface area contributed by atoms with Crippen LogP contribution in [0.15, 0.2) is 10.9 Å². The Hall–Kier alpha value is -0.360. The number of nitrogens with two attached hydrogens (primary N) is 1. The molecule has 1 aliphatic heterocycles. The molecule has 1 fully saturated rings. The van der Waals surface area contributed by atoms with E-state index in [1.54, 1.807) is 5.51 Å². The molecule has 2 N–H and O–H groups in total.